The van der Waals surface area contributed by atoms with Crippen LogP contribution in [0.4, 0.5) is 0 Å². The second-order valence-electron chi connectivity index (χ2n) is 8.21. The zero-order valence-electron chi connectivity index (χ0n) is 18.3. The molecular weight excluding hydrogens is 384 g/mol. The largest absolute Gasteiger partial charge is 0.497 e. The summed E-state index contributed by atoms with van der Waals surface area (Å²) in [6.07, 6.45) is 0.255. The van der Waals surface area contributed by atoms with Crippen LogP contribution >= 0.6 is 0 Å². The van der Waals surface area contributed by atoms with E-state index in [4.69, 9.17) is 14.0 Å². The number of benzene rings is 1. The van der Waals surface area contributed by atoms with Crippen molar-refractivity contribution in [2.75, 3.05) is 59.6 Å². The maximum absolute atomic E-state index is 10.6. The molecular formula is C22H34N4O4. The first-order valence-electron chi connectivity index (χ1n) is 10.7. The Kier molecular flexibility index (Phi) is 8.62. The van der Waals surface area contributed by atoms with Crippen LogP contribution in [0.5, 0.6) is 5.75 Å². The number of rotatable bonds is 11. The van der Waals surface area contributed by atoms with E-state index >= 15 is 0 Å². The van der Waals surface area contributed by atoms with Gasteiger partial charge < -0.3 is 19.1 Å². The lowest BCUT2D eigenvalue weighted by molar-refractivity contribution is 0.00606. The molecule has 3 rings (SSSR count). The number of ether oxygens (including phenoxy) is 2. The smallest absolute Gasteiger partial charge is 0.228 e. The summed E-state index contributed by atoms with van der Waals surface area (Å²) in [6.45, 7) is 10.6. The van der Waals surface area contributed by atoms with E-state index in [0.29, 0.717) is 37.1 Å². The maximum atomic E-state index is 10.6. The Balaban J connectivity index is 1.54. The SMILES string of the molecule is COc1cccc(-c2noc(CCN(CC(C)C)CC(O)CN3CCOCC3)n2)c1. The highest BCUT2D eigenvalue weighted by atomic mass is 16.5. The Bertz CT molecular complexity index is 761. The average molecular weight is 419 g/mol. The van der Waals surface area contributed by atoms with Gasteiger partial charge in [-0.25, -0.2) is 0 Å². The first kappa shape index (κ1) is 22.7. The van der Waals surface area contributed by atoms with Crippen molar-refractivity contribution in [3.05, 3.63) is 30.2 Å². The van der Waals surface area contributed by atoms with Gasteiger partial charge in [-0.1, -0.05) is 31.1 Å². The molecule has 1 unspecified atom stereocenters. The van der Waals surface area contributed by atoms with Crippen molar-refractivity contribution in [1.82, 2.24) is 19.9 Å². The third-order valence-electron chi connectivity index (χ3n) is 5.10. The molecule has 30 heavy (non-hydrogen) atoms. The highest BCUT2D eigenvalue weighted by molar-refractivity contribution is 5.56. The van der Waals surface area contributed by atoms with E-state index in [2.05, 4.69) is 33.8 Å². The number of aromatic nitrogens is 2. The molecule has 0 spiro atoms. The molecule has 1 saturated heterocycles. The van der Waals surface area contributed by atoms with Crippen molar-refractivity contribution < 1.29 is 19.1 Å². The maximum Gasteiger partial charge on any atom is 0.228 e. The Hall–Kier alpha value is -2.00. The monoisotopic (exact) mass is 418 g/mol. The molecule has 0 bridgehead atoms. The Morgan fingerprint density at radius 3 is 2.77 bits per heavy atom. The van der Waals surface area contributed by atoms with Gasteiger partial charge in [0.05, 0.1) is 26.4 Å². The van der Waals surface area contributed by atoms with Gasteiger partial charge in [0.2, 0.25) is 11.7 Å². The summed E-state index contributed by atoms with van der Waals surface area (Å²) in [7, 11) is 1.64. The van der Waals surface area contributed by atoms with Crippen LogP contribution in [0.1, 0.15) is 19.7 Å². The van der Waals surface area contributed by atoms with Crippen molar-refractivity contribution in [2.24, 2.45) is 5.92 Å². The highest BCUT2D eigenvalue weighted by Gasteiger charge is 2.19. The Labute approximate surface area is 178 Å². The first-order chi connectivity index (χ1) is 14.5. The lowest BCUT2D eigenvalue weighted by atomic mass is 10.2. The molecule has 1 aromatic heterocycles. The van der Waals surface area contributed by atoms with Crippen LogP contribution in [0.3, 0.4) is 0 Å². The number of morpholine rings is 1. The van der Waals surface area contributed by atoms with Gasteiger partial charge in [-0.3, -0.25) is 9.80 Å². The van der Waals surface area contributed by atoms with Gasteiger partial charge in [0.1, 0.15) is 5.75 Å². The molecule has 8 heteroatoms. The van der Waals surface area contributed by atoms with E-state index in [9.17, 15) is 5.11 Å². The molecule has 2 aromatic rings. The van der Waals surface area contributed by atoms with Gasteiger partial charge in [-0.15, -0.1) is 0 Å². The predicted molar refractivity (Wildman–Crippen MR) is 115 cm³/mol. The van der Waals surface area contributed by atoms with Crippen LogP contribution in [0.2, 0.25) is 0 Å². The average Bonchev–Trinajstić information content (AvgIpc) is 3.21. The zero-order chi connectivity index (χ0) is 21.3. The molecule has 2 heterocycles. The third-order valence-corrected chi connectivity index (χ3v) is 5.10. The number of aliphatic hydroxyl groups is 1. The minimum Gasteiger partial charge on any atom is -0.497 e. The molecule has 8 nitrogen and oxygen atoms in total. The van der Waals surface area contributed by atoms with Crippen LogP contribution in [-0.2, 0) is 11.2 Å². The van der Waals surface area contributed by atoms with Crippen LogP contribution in [-0.4, -0.2) is 90.7 Å². The van der Waals surface area contributed by atoms with E-state index in [-0.39, 0.29) is 0 Å². The number of aliphatic hydroxyl groups excluding tert-OH is 1. The summed E-state index contributed by atoms with van der Waals surface area (Å²) >= 11 is 0. The van der Waals surface area contributed by atoms with Crippen molar-refractivity contribution in [2.45, 2.75) is 26.4 Å². The number of nitrogens with zero attached hydrogens (tertiary/aromatic N) is 4. The van der Waals surface area contributed by atoms with Gasteiger partial charge >= 0.3 is 0 Å². The molecule has 1 N–H and O–H groups in total. The minimum absolute atomic E-state index is 0.392. The standard InChI is InChI=1S/C22H34N4O4/c1-17(2)14-26(16-19(27)15-25-9-11-29-12-10-25)8-7-21-23-22(24-30-21)18-5-4-6-20(13-18)28-3/h4-6,13,17,19,27H,7-12,14-16H2,1-3H3. The molecule has 0 radical (unpaired) electrons. The predicted octanol–water partition coefficient (Wildman–Crippen LogP) is 1.94. The second-order valence-corrected chi connectivity index (χ2v) is 8.21. The Morgan fingerprint density at radius 1 is 1.23 bits per heavy atom. The van der Waals surface area contributed by atoms with Gasteiger partial charge in [-0.05, 0) is 18.1 Å². The normalized spacial score (nSPS) is 16.3. The lowest BCUT2D eigenvalue weighted by Crippen LogP contribution is -2.45. The quantitative estimate of drug-likeness (QED) is 0.593. The van der Waals surface area contributed by atoms with Crippen molar-refractivity contribution >= 4 is 0 Å². The van der Waals surface area contributed by atoms with Gasteiger partial charge in [0.25, 0.3) is 0 Å². The fourth-order valence-corrected chi connectivity index (χ4v) is 3.70. The highest BCUT2D eigenvalue weighted by Crippen LogP contribution is 2.21. The third kappa shape index (κ3) is 7.05. The van der Waals surface area contributed by atoms with Gasteiger partial charge in [-0.2, -0.15) is 4.98 Å². The van der Waals surface area contributed by atoms with E-state index in [1.165, 1.54) is 0 Å². The molecule has 0 saturated carbocycles. The summed E-state index contributed by atoms with van der Waals surface area (Å²) < 4.78 is 16.1. The Morgan fingerprint density at radius 2 is 2.03 bits per heavy atom. The van der Waals surface area contributed by atoms with Crippen LogP contribution < -0.4 is 4.74 Å². The van der Waals surface area contributed by atoms with Crippen molar-refractivity contribution in [3.63, 3.8) is 0 Å². The molecule has 1 atom stereocenters. The number of hydrogen-bond donors (Lipinski definition) is 1. The second kappa shape index (κ2) is 11.4. The van der Waals surface area contributed by atoms with E-state index in [0.717, 1.165) is 50.7 Å². The summed E-state index contributed by atoms with van der Waals surface area (Å²) in [5, 5.41) is 14.7. The zero-order valence-corrected chi connectivity index (χ0v) is 18.3. The van der Waals surface area contributed by atoms with E-state index in [1.807, 2.05) is 24.3 Å². The number of hydrogen-bond acceptors (Lipinski definition) is 8. The van der Waals surface area contributed by atoms with Crippen LogP contribution in [0.15, 0.2) is 28.8 Å². The molecule has 0 aliphatic carbocycles. The van der Waals surface area contributed by atoms with Crippen LogP contribution in [0.25, 0.3) is 11.4 Å². The molecule has 1 fully saturated rings. The molecule has 1 aromatic carbocycles. The summed E-state index contributed by atoms with van der Waals surface area (Å²) in [5.74, 6) is 2.43. The fraction of sp³-hybridized carbons (Fsp3) is 0.636. The first-order valence-corrected chi connectivity index (χ1v) is 10.7. The molecule has 1 aliphatic rings. The van der Waals surface area contributed by atoms with E-state index < -0.39 is 6.10 Å². The summed E-state index contributed by atoms with van der Waals surface area (Å²) in [4.78, 5) is 9.08. The summed E-state index contributed by atoms with van der Waals surface area (Å²) in [5.41, 5.74) is 0.865. The molecule has 0 amide bonds. The van der Waals surface area contributed by atoms with Crippen molar-refractivity contribution in [1.29, 1.82) is 0 Å². The molecule has 166 valence electrons. The summed E-state index contributed by atoms with van der Waals surface area (Å²) in [6, 6.07) is 7.62. The molecule has 1 aliphatic heterocycles. The van der Waals surface area contributed by atoms with Crippen LogP contribution in [0, 0.1) is 5.92 Å². The number of β-amino-alcohol motifs (C(OH)–C–C–N with tert-alkyl or cyclic N) is 1. The lowest BCUT2D eigenvalue weighted by Gasteiger charge is -2.31. The number of methoxy groups -OCH3 is 1. The minimum atomic E-state index is -0.392. The van der Waals surface area contributed by atoms with Gasteiger partial charge in [0, 0.05) is 51.3 Å². The van der Waals surface area contributed by atoms with E-state index in [1.54, 1.807) is 7.11 Å². The van der Waals surface area contributed by atoms with Gasteiger partial charge in [0.15, 0.2) is 0 Å². The van der Waals surface area contributed by atoms with Crippen molar-refractivity contribution in [3.8, 4) is 17.1 Å². The topological polar surface area (TPSA) is 84.1 Å². The fourth-order valence-electron chi connectivity index (χ4n) is 3.70.